The number of nitriles is 1. The van der Waals surface area contributed by atoms with Crippen molar-refractivity contribution in [1.29, 1.82) is 5.26 Å². The van der Waals surface area contributed by atoms with E-state index in [1.54, 1.807) is 18.2 Å². The molecule has 1 aromatic heterocycles. The molecule has 0 aliphatic carbocycles. The van der Waals surface area contributed by atoms with Crippen LogP contribution < -0.4 is 10.5 Å². The van der Waals surface area contributed by atoms with Gasteiger partial charge in [-0.1, -0.05) is 17.7 Å². The molecule has 1 aromatic carbocycles. The molecule has 2 rings (SSSR count). The molecule has 0 atom stereocenters. The fourth-order valence-corrected chi connectivity index (χ4v) is 1.54. The van der Waals surface area contributed by atoms with Crippen LogP contribution in [0.15, 0.2) is 24.3 Å². The lowest BCUT2D eigenvalue weighted by Crippen LogP contribution is -1.98. The van der Waals surface area contributed by atoms with Crippen molar-refractivity contribution in [2.75, 3.05) is 5.73 Å². The number of nitrogen functional groups attached to an aromatic ring is 1. The second-order valence-electron chi connectivity index (χ2n) is 3.58. The van der Waals surface area contributed by atoms with Gasteiger partial charge in [-0.15, -0.1) is 0 Å². The predicted octanol–water partition coefficient (Wildman–Crippen LogP) is 2.68. The Morgan fingerprint density at radius 1 is 1.33 bits per heavy atom. The SMILES string of the molecule is Cc1ccc(C#N)cc1Oc1cc(Cl)nc(N)n1. The van der Waals surface area contributed by atoms with Gasteiger partial charge in [0.2, 0.25) is 11.8 Å². The highest BCUT2D eigenvalue weighted by Gasteiger charge is 2.06. The van der Waals surface area contributed by atoms with Crippen LogP contribution in [0.2, 0.25) is 5.15 Å². The standard InChI is InChI=1S/C12H9ClN4O/c1-7-2-3-8(6-14)4-9(7)18-11-5-10(13)16-12(15)17-11/h2-5H,1H3,(H2,15,16,17). The zero-order chi connectivity index (χ0) is 13.1. The van der Waals surface area contributed by atoms with Crippen LogP contribution in [0.25, 0.3) is 0 Å². The first-order valence-electron chi connectivity index (χ1n) is 5.07. The molecular weight excluding hydrogens is 252 g/mol. The molecule has 2 N–H and O–H groups in total. The number of benzene rings is 1. The third-order valence-electron chi connectivity index (χ3n) is 2.22. The van der Waals surface area contributed by atoms with E-state index in [0.717, 1.165) is 5.56 Å². The van der Waals surface area contributed by atoms with Crippen LogP contribution in [0.4, 0.5) is 5.95 Å². The van der Waals surface area contributed by atoms with Crippen LogP contribution in [-0.4, -0.2) is 9.97 Å². The largest absolute Gasteiger partial charge is 0.438 e. The van der Waals surface area contributed by atoms with E-state index in [4.69, 9.17) is 27.3 Å². The zero-order valence-electron chi connectivity index (χ0n) is 9.51. The van der Waals surface area contributed by atoms with Gasteiger partial charge in [0.05, 0.1) is 11.6 Å². The molecule has 0 aliphatic rings. The van der Waals surface area contributed by atoms with Crippen LogP contribution >= 0.6 is 11.6 Å². The van der Waals surface area contributed by atoms with E-state index >= 15 is 0 Å². The van der Waals surface area contributed by atoms with Gasteiger partial charge in [0, 0.05) is 6.07 Å². The summed E-state index contributed by atoms with van der Waals surface area (Å²) in [6, 6.07) is 8.62. The van der Waals surface area contributed by atoms with Crippen molar-refractivity contribution < 1.29 is 4.74 Å². The lowest BCUT2D eigenvalue weighted by atomic mass is 10.1. The van der Waals surface area contributed by atoms with Crippen LogP contribution in [0.1, 0.15) is 11.1 Å². The van der Waals surface area contributed by atoms with Crippen molar-refractivity contribution in [1.82, 2.24) is 9.97 Å². The van der Waals surface area contributed by atoms with E-state index in [1.165, 1.54) is 6.07 Å². The van der Waals surface area contributed by atoms with Crippen molar-refractivity contribution in [3.63, 3.8) is 0 Å². The molecule has 0 unspecified atom stereocenters. The third kappa shape index (κ3) is 2.67. The first-order chi connectivity index (χ1) is 8.58. The molecule has 0 radical (unpaired) electrons. The Bertz CT molecular complexity index is 616. The number of ether oxygens (including phenoxy) is 1. The number of halogens is 1. The van der Waals surface area contributed by atoms with Crippen molar-refractivity contribution in [2.24, 2.45) is 0 Å². The first kappa shape index (κ1) is 12.1. The fraction of sp³-hybridized carbons (Fsp3) is 0.0833. The number of hydrogen-bond donors (Lipinski definition) is 1. The Morgan fingerprint density at radius 3 is 2.78 bits per heavy atom. The average Bonchev–Trinajstić information content (AvgIpc) is 2.30. The summed E-state index contributed by atoms with van der Waals surface area (Å²) in [5.74, 6) is 0.806. The summed E-state index contributed by atoms with van der Waals surface area (Å²) >= 11 is 5.75. The lowest BCUT2D eigenvalue weighted by Gasteiger charge is -2.08. The molecule has 6 heteroatoms. The predicted molar refractivity (Wildman–Crippen MR) is 67.4 cm³/mol. The van der Waals surface area contributed by atoms with Crippen molar-refractivity contribution >= 4 is 17.5 Å². The van der Waals surface area contributed by atoms with Gasteiger partial charge < -0.3 is 10.5 Å². The average molecular weight is 261 g/mol. The smallest absolute Gasteiger partial charge is 0.225 e. The number of anilines is 1. The number of rotatable bonds is 2. The Hall–Kier alpha value is -2.32. The van der Waals surface area contributed by atoms with Crippen molar-refractivity contribution in [3.05, 3.63) is 40.5 Å². The van der Waals surface area contributed by atoms with E-state index in [9.17, 15) is 0 Å². The van der Waals surface area contributed by atoms with Gasteiger partial charge in [-0.3, -0.25) is 0 Å². The van der Waals surface area contributed by atoms with E-state index in [-0.39, 0.29) is 17.0 Å². The van der Waals surface area contributed by atoms with Gasteiger partial charge in [0.15, 0.2) is 0 Å². The zero-order valence-corrected chi connectivity index (χ0v) is 10.3. The molecule has 0 amide bonds. The maximum atomic E-state index is 8.83. The maximum Gasteiger partial charge on any atom is 0.225 e. The normalized spacial score (nSPS) is 9.83. The van der Waals surface area contributed by atoms with Crippen LogP contribution in [0.3, 0.4) is 0 Å². The summed E-state index contributed by atoms with van der Waals surface area (Å²) in [5.41, 5.74) is 6.85. The molecular formula is C12H9ClN4O. The monoisotopic (exact) mass is 260 g/mol. The van der Waals surface area contributed by atoms with Gasteiger partial charge in [0.25, 0.3) is 0 Å². The molecule has 0 spiro atoms. The van der Waals surface area contributed by atoms with Crippen molar-refractivity contribution in [3.8, 4) is 17.7 Å². The van der Waals surface area contributed by atoms with Gasteiger partial charge in [-0.05, 0) is 24.6 Å². The quantitative estimate of drug-likeness (QED) is 0.839. The minimum absolute atomic E-state index is 0.0339. The van der Waals surface area contributed by atoms with Crippen LogP contribution in [0.5, 0.6) is 11.6 Å². The summed E-state index contributed by atoms with van der Waals surface area (Å²) in [5, 5.41) is 9.04. The van der Waals surface area contributed by atoms with E-state index < -0.39 is 0 Å². The Labute approximate surface area is 109 Å². The molecule has 5 nitrogen and oxygen atoms in total. The number of nitrogens with zero attached hydrogens (tertiary/aromatic N) is 3. The lowest BCUT2D eigenvalue weighted by molar-refractivity contribution is 0.459. The molecule has 90 valence electrons. The highest BCUT2D eigenvalue weighted by Crippen LogP contribution is 2.26. The topological polar surface area (TPSA) is 84.8 Å². The first-order valence-corrected chi connectivity index (χ1v) is 5.45. The summed E-state index contributed by atoms with van der Waals surface area (Å²) < 4.78 is 5.55. The highest BCUT2D eigenvalue weighted by atomic mass is 35.5. The van der Waals surface area contributed by atoms with Gasteiger partial charge in [-0.25, -0.2) is 4.98 Å². The van der Waals surface area contributed by atoms with Gasteiger partial charge in [0.1, 0.15) is 10.9 Å². The molecule has 0 fully saturated rings. The maximum absolute atomic E-state index is 8.83. The van der Waals surface area contributed by atoms with E-state index in [2.05, 4.69) is 9.97 Å². The summed E-state index contributed by atoms with van der Waals surface area (Å²) in [7, 11) is 0. The molecule has 18 heavy (non-hydrogen) atoms. The molecule has 2 aromatic rings. The van der Waals surface area contributed by atoms with Crippen LogP contribution in [0, 0.1) is 18.3 Å². The second kappa shape index (κ2) is 4.90. The number of nitrogens with two attached hydrogens (primary N) is 1. The molecule has 0 saturated heterocycles. The minimum atomic E-state index is 0.0339. The second-order valence-corrected chi connectivity index (χ2v) is 3.97. The Morgan fingerprint density at radius 2 is 2.11 bits per heavy atom. The summed E-state index contributed by atoms with van der Waals surface area (Å²) in [4.78, 5) is 7.63. The summed E-state index contributed by atoms with van der Waals surface area (Å²) in [6.07, 6.45) is 0. The molecule has 0 aliphatic heterocycles. The number of aromatic nitrogens is 2. The fourth-order valence-electron chi connectivity index (χ4n) is 1.36. The van der Waals surface area contributed by atoms with E-state index in [1.807, 2.05) is 13.0 Å². The summed E-state index contributed by atoms with van der Waals surface area (Å²) in [6.45, 7) is 1.86. The Kier molecular flexibility index (Phi) is 3.31. The molecule has 1 heterocycles. The Balaban J connectivity index is 2.36. The van der Waals surface area contributed by atoms with Gasteiger partial charge >= 0.3 is 0 Å². The minimum Gasteiger partial charge on any atom is -0.438 e. The van der Waals surface area contributed by atoms with Crippen LogP contribution in [-0.2, 0) is 0 Å². The molecule has 0 bridgehead atoms. The third-order valence-corrected chi connectivity index (χ3v) is 2.41. The number of hydrogen-bond acceptors (Lipinski definition) is 5. The highest BCUT2D eigenvalue weighted by molar-refractivity contribution is 6.29. The van der Waals surface area contributed by atoms with Crippen molar-refractivity contribution in [2.45, 2.75) is 6.92 Å². The molecule has 0 saturated carbocycles. The van der Waals surface area contributed by atoms with Gasteiger partial charge in [-0.2, -0.15) is 10.2 Å². The van der Waals surface area contributed by atoms with E-state index in [0.29, 0.717) is 11.3 Å². The number of aryl methyl sites for hydroxylation is 1.